The fourth-order valence-corrected chi connectivity index (χ4v) is 1.30. The van der Waals surface area contributed by atoms with Crippen LogP contribution in [0.25, 0.3) is 6.08 Å². The zero-order chi connectivity index (χ0) is 12.0. The third kappa shape index (κ3) is 4.03. The van der Waals surface area contributed by atoms with Crippen LogP contribution in [0.2, 0.25) is 5.02 Å². The summed E-state index contributed by atoms with van der Waals surface area (Å²) in [4.78, 5) is 11.0. The summed E-state index contributed by atoms with van der Waals surface area (Å²) in [7, 11) is 0. The van der Waals surface area contributed by atoms with Gasteiger partial charge >= 0.3 is 5.97 Å². The standard InChI is InChI=1S/C12H12ClFO2/c1-2-16-12(15)5-3-4-9-6-7-10(13)8-11(9)14/h3-4,6-8H,2,5H2,1H3. The quantitative estimate of drug-likeness (QED) is 0.756. The second kappa shape index (κ2) is 6.28. The van der Waals surface area contributed by atoms with E-state index in [1.165, 1.54) is 12.1 Å². The van der Waals surface area contributed by atoms with Crippen molar-refractivity contribution in [1.29, 1.82) is 0 Å². The maximum atomic E-state index is 13.3. The Balaban J connectivity index is 2.59. The van der Waals surface area contributed by atoms with Gasteiger partial charge in [0.15, 0.2) is 0 Å². The van der Waals surface area contributed by atoms with Gasteiger partial charge in [-0.25, -0.2) is 4.39 Å². The highest BCUT2D eigenvalue weighted by atomic mass is 35.5. The zero-order valence-electron chi connectivity index (χ0n) is 8.87. The molecule has 86 valence electrons. The van der Waals surface area contributed by atoms with E-state index >= 15 is 0 Å². The molecule has 0 aliphatic carbocycles. The van der Waals surface area contributed by atoms with Crippen LogP contribution < -0.4 is 0 Å². The summed E-state index contributed by atoms with van der Waals surface area (Å²) < 4.78 is 18.0. The van der Waals surface area contributed by atoms with Crippen molar-refractivity contribution in [2.75, 3.05) is 6.61 Å². The molecule has 0 saturated heterocycles. The van der Waals surface area contributed by atoms with E-state index in [0.29, 0.717) is 17.2 Å². The molecule has 16 heavy (non-hydrogen) atoms. The lowest BCUT2D eigenvalue weighted by atomic mass is 10.2. The minimum absolute atomic E-state index is 0.135. The van der Waals surface area contributed by atoms with Gasteiger partial charge in [-0.1, -0.05) is 29.8 Å². The van der Waals surface area contributed by atoms with Gasteiger partial charge in [-0.2, -0.15) is 0 Å². The first-order valence-corrected chi connectivity index (χ1v) is 5.28. The largest absolute Gasteiger partial charge is 0.466 e. The number of esters is 1. The zero-order valence-corrected chi connectivity index (χ0v) is 9.63. The summed E-state index contributed by atoms with van der Waals surface area (Å²) in [5.41, 5.74) is 0.397. The van der Waals surface area contributed by atoms with Crippen LogP contribution in [0.4, 0.5) is 4.39 Å². The van der Waals surface area contributed by atoms with E-state index in [1.807, 2.05) is 0 Å². The van der Waals surface area contributed by atoms with E-state index < -0.39 is 5.82 Å². The van der Waals surface area contributed by atoms with E-state index in [4.69, 9.17) is 16.3 Å². The summed E-state index contributed by atoms with van der Waals surface area (Å²) in [5, 5.41) is 0.347. The van der Waals surface area contributed by atoms with Crippen molar-refractivity contribution in [3.8, 4) is 0 Å². The first-order chi connectivity index (χ1) is 7.63. The molecule has 0 fully saturated rings. The van der Waals surface area contributed by atoms with Gasteiger partial charge in [0.2, 0.25) is 0 Å². The maximum absolute atomic E-state index is 13.3. The average Bonchev–Trinajstić information content (AvgIpc) is 2.22. The molecular formula is C12H12ClFO2. The molecule has 0 saturated carbocycles. The first-order valence-electron chi connectivity index (χ1n) is 4.90. The Morgan fingerprint density at radius 1 is 1.56 bits per heavy atom. The Labute approximate surface area is 98.7 Å². The van der Waals surface area contributed by atoms with Gasteiger partial charge in [0.25, 0.3) is 0 Å². The Bertz CT molecular complexity index is 402. The third-order valence-electron chi connectivity index (χ3n) is 1.85. The predicted molar refractivity (Wildman–Crippen MR) is 61.7 cm³/mol. The van der Waals surface area contributed by atoms with Crippen molar-refractivity contribution >= 4 is 23.6 Å². The number of hydrogen-bond acceptors (Lipinski definition) is 2. The van der Waals surface area contributed by atoms with Gasteiger partial charge in [0.05, 0.1) is 13.0 Å². The van der Waals surface area contributed by atoms with Crippen LogP contribution in [0, 0.1) is 5.82 Å². The van der Waals surface area contributed by atoms with Crippen LogP contribution in [0.1, 0.15) is 18.9 Å². The van der Waals surface area contributed by atoms with Crippen molar-refractivity contribution in [3.05, 3.63) is 40.7 Å². The Hall–Kier alpha value is -1.35. The molecule has 0 N–H and O–H groups in total. The summed E-state index contributed by atoms with van der Waals surface area (Å²) in [6.45, 7) is 2.09. The summed E-state index contributed by atoms with van der Waals surface area (Å²) in [6.07, 6.45) is 3.23. The molecule has 1 aromatic rings. The van der Waals surface area contributed by atoms with Crippen LogP contribution in [0.15, 0.2) is 24.3 Å². The molecular weight excluding hydrogens is 231 g/mol. The monoisotopic (exact) mass is 242 g/mol. The highest BCUT2D eigenvalue weighted by Crippen LogP contribution is 2.15. The minimum Gasteiger partial charge on any atom is -0.466 e. The van der Waals surface area contributed by atoms with Gasteiger partial charge < -0.3 is 4.74 Å². The predicted octanol–water partition coefficient (Wildman–Crippen LogP) is 3.45. The summed E-state index contributed by atoms with van der Waals surface area (Å²) in [6, 6.07) is 4.37. The molecule has 0 bridgehead atoms. The molecule has 1 aromatic carbocycles. The van der Waals surface area contributed by atoms with Gasteiger partial charge in [0, 0.05) is 10.6 Å². The molecule has 4 heteroatoms. The molecule has 2 nitrogen and oxygen atoms in total. The van der Waals surface area contributed by atoms with Crippen LogP contribution in [-0.4, -0.2) is 12.6 Å². The fourth-order valence-electron chi connectivity index (χ4n) is 1.14. The molecule has 1 rings (SSSR count). The molecule has 0 radical (unpaired) electrons. The average molecular weight is 243 g/mol. The van der Waals surface area contributed by atoms with Crippen LogP contribution >= 0.6 is 11.6 Å². The lowest BCUT2D eigenvalue weighted by Gasteiger charge is -1.98. The number of carbonyl (C=O) groups is 1. The number of rotatable bonds is 4. The molecule has 0 spiro atoms. The molecule has 0 amide bonds. The number of hydrogen-bond donors (Lipinski definition) is 0. The molecule has 0 atom stereocenters. The smallest absolute Gasteiger partial charge is 0.309 e. The number of halogens is 2. The molecule has 0 aliphatic rings. The highest BCUT2D eigenvalue weighted by Gasteiger charge is 2.00. The van der Waals surface area contributed by atoms with Crippen molar-refractivity contribution in [2.24, 2.45) is 0 Å². The fraction of sp³-hybridized carbons (Fsp3) is 0.250. The molecule has 0 aromatic heterocycles. The number of ether oxygens (including phenoxy) is 1. The highest BCUT2D eigenvalue weighted by molar-refractivity contribution is 6.30. The van der Waals surface area contributed by atoms with Crippen molar-refractivity contribution in [1.82, 2.24) is 0 Å². The number of carbonyl (C=O) groups excluding carboxylic acids is 1. The first kappa shape index (κ1) is 12.7. The summed E-state index contributed by atoms with van der Waals surface area (Å²) in [5.74, 6) is -0.735. The lowest BCUT2D eigenvalue weighted by Crippen LogP contribution is -2.01. The normalized spacial score (nSPS) is 10.7. The van der Waals surface area contributed by atoms with Crippen molar-refractivity contribution in [2.45, 2.75) is 13.3 Å². The van der Waals surface area contributed by atoms with E-state index in [0.717, 1.165) is 0 Å². The van der Waals surface area contributed by atoms with E-state index in [2.05, 4.69) is 0 Å². The van der Waals surface area contributed by atoms with E-state index in [-0.39, 0.29) is 12.4 Å². The van der Waals surface area contributed by atoms with E-state index in [1.54, 1.807) is 25.1 Å². The molecule has 0 aliphatic heterocycles. The molecule has 0 unspecified atom stereocenters. The Morgan fingerprint density at radius 3 is 2.94 bits per heavy atom. The second-order valence-corrected chi connectivity index (χ2v) is 3.51. The van der Waals surface area contributed by atoms with Crippen molar-refractivity contribution < 1.29 is 13.9 Å². The van der Waals surface area contributed by atoms with Gasteiger partial charge in [-0.3, -0.25) is 4.79 Å². The van der Waals surface area contributed by atoms with Crippen molar-refractivity contribution in [3.63, 3.8) is 0 Å². The van der Waals surface area contributed by atoms with Crippen LogP contribution in [0.3, 0.4) is 0 Å². The maximum Gasteiger partial charge on any atom is 0.309 e. The Kier molecular flexibility index (Phi) is 4.99. The molecule has 0 heterocycles. The Morgan fingerprint density at radius 2 is 2.31 bits per heavy atom. The van der Waals surface area contributed by atoms with Crippen LogP contribution in [-0.2, 0) is 9.53 Å². The van der Waals surface area contributed by atoms with Gasteiger partial charge in [0.1, 0.15) is 5.82 Å². The third-order valence-corrected chi connectivity index (χ3v) is 2.08. The van der Waals surface area contributed by atoms with Gasteiger partial charge in [-0.05, 0) is 19.1 Å². The number of benzene rings is 1. The SMILES string of the molecule is CCOC(=O)CC=Cc1ccc(Cl)cc1F. The summed E-state index contributed by atoms with van der Waals surface area (Å²) >= 11 is 5.60. The lowest BCUT2D eigenvalue weighted by molar-refractivity contribution is -0.142. The second-order valence-electron chi connectivity index (χ2n) is 3.08. The van der Waals surface area contributed by atoms with E-state index in [9.17, 15) is 9.18 Å². The van der Waals surface area contributed by atoms with Crippen LogP contribution in [0.5, 0.6) is 0 Å². The topological polar surface area (TPSA) is 26.3 Å². The minimum atomic E-state index is -0.410. The van der Waals surface area contributed by atoms with Gasteiger partial charge in [-0.15, -0.1) is 0 Å².